The molecule has 25 heavy (non-hydrogen) atoms. The topological polar surface area (TPSA) is 90.0 Å². The summed E-state index contributed by atoms with van der Waals surface area (Å²) < 4.78 is 25.6. The number of aryl methyl sites for hydroxylation is 1. The fourth-order valence-corrected chi connectivity index (χ4v) is 6.17. The first-order chi connectivity index (χ1) is 11.9. The predicted octanol–water partition coefficient (Wildman–Crippen LogP) is 2.36. The standard InChI is InChI=1S/C18H22N4O2S/c1-22-15(6-7-20-22)18-17-11-3-2-10(8-11)16(17)13-9-12(25(19,23)24)4-5-14(13)21-18/h4-7,9-11,16-18,21H,2-3,8H2,1H3,(H2,19,23,24). The average molecular weight is 358 g/mol. The molecule has 5 unspecified atom stereocenters. The first-order valence-corrected chi connectivity index (χ1v) is 10.4. The second-order valence-corrected chi connectivity index (χ2v) is 9.29. The maximum atomic E-state index is 11.8. The molecular formula is C18H22N4O2S. The van der Waals surface area contributed by atoms with Crippen LogP contribution in [0.1, 0.15) is 42.5 Å². The Kier molecular flexibility index (Phi) is 3.13. The van der Waals surface area contributed by atoms with Gasteiger partial charge in [-0.05, 0) is 72.8 Å². The van der Waals surface area contributed by atoms with Gasteiger partial charge in [0.2, 0.25) is 10.0 Å². The van der Waals surface area contributed by atoms with Crippen molar-refractivity contribution in [2.24, 2.45) is 29.9 Å². The van der Waals surface area contributed by atoms with Crippen molar-refractivity contribution in [3.05, 3.63) is 41.7 Å². The molecule has 6 nitrogen and oxygen atoms in total. The molecule has 1 aromatic heterocycles. The lowest BCUT2D eigenvalue weighted by Crippen LogP contribution is -2.36. The summed E-state index contributed by atoms with van der Waals surface area (Å²) >= 11 is 0. The molecule has 7 heteroatoms. The Morgan fingerprint density at radius 1 is 1.24 bits per heavy atom. The van der Waals surface area contributed by atoms with Gasteiger partial charge in [-0.3, -0.25) is 4.68 Å². The van der Waals surface area contributed by atoms with E-state index in [1.165, 1.54) is 25.0 Å². The van der Waals surface area contributed by atoms with E-state index in [0.717, 1.165) is 11.3 Å². The number of nitrogens with two attached hydrogens (primary N) is 1. The first-order valence-electron chi connectivity index (χ1n) is 8.84. The number of hydrogen-bond donors (Lipinski definition) is 2. The zero-order chi connectivity index (χ0) is 17.3. The zero-order valence-corrected chi connectivity index (χ0v) is 14.9. The molecule has 0 spiro atoms. The van der Waals surface area contributed by atoms with Gasteiger partial charge in [0.1, 0.15) is 0 Å². The largest absolute Gasteiger partial charge is 0.376 e. The van der Waals surface area contributed by atoms with Crippen molar-refractivity contribution in [2.75, 3.05) is 5.32 Å². The molecule has 2 heterocycles. The van der Waals surface area contributed by atoms with Crippen LogP contribution in [0, 0.1) is 17.8 Å². The van der Waals surface area contributed by atoms with Crippen LogP contribution in [-0.2, 0) is 17.1 Å². The van der Waals surface area contributed by atoms with Gasteiger partial charge < -0.3 is 5.32 Å². The van der Waals surface area contributed by atoms with Crippen molar-refractivity contribution in [3.8, 4) is 0 Å². The molecule has 0 amide bonds. The summed E-state index contributed by atoms with van der Waals surface area (Å²) in [6, 6.07) is 7.59. The molecule has 132 valence electrons. The van der Waals surface area contributed by atoms with E-state index in [1.54, 1.807) is 12.1 Å². The van der Waals surface area contributed by atoms with Crippen molar-refractivity contribution in [2.45, 2.75) is 36.1 Å². The number of nitrogens with zero attached hydrogens (tertiary/aromatic N) is 2. The number of fused-ring (bicyclic) bond motifs is 7. The van der Waals surface area contributed by atoms with Crippen LogP contribution in [0.15, 0.2) is 35.4 Å². The van der Waals surface area contributed by atoms with E-state index in [-0.39, 0.29) is 10.9 Å². The molecule has 2 fully saturated rings. The van der Waals surface area contributed by atoms with Crippen molar-refractivity contribution in [1.29, 1.82) is 0 Å². The molecule has 5 atom stereocenters. The van der Waals surface area contributed by atoms with Gasteiger partial charge in [0, 0.05) is 18.9 Å². The van der Waals surface area contributed by atoms with Gasteiger partial charge in [-0.25, -0.2) is 13.6 Å². The lowest BCUT2D eigenvalue weighted by atomic mass is 9.69. The average Bonchev–Trinajstić information content (AvgIpc) is 3.28. The molecular weight excluding hydrogens is 336 g/mol. The van der Waals surface area contributed by atoms with Gasteiger partial charge >= 0.3 is 0 Å². The minimum Gasteiger partial charge on any atom is -0.376 e. The first kappa shape index (κ1) is 15.4. The number of rotatable bonds is 2. The molecule has 2 saturated carbocycles. The van der Waals surface area contributed by atoms with Crippen molar-refractivity contribution >= 4 is 15.7 Å². The van der Waals surface area contributed by atoms with Crippen LogP contribution >= 0.6 is 0 Å². The fourth-order valence-electron chi connectivity index (χ4n) is 5.63. The summed E-state index contributed by atoms with van der Waals surface area (Å²) in [6.07, 6.45) is 5.60. The van der Waals surface area contributed by atoms with Crippen molar-refractivity contribution in [1.82, 2.24) is 9.78 Å². The quantitative estimate of drug-likeness (QED) is 0.862. The summed E-state index contributed by atoms with van der Waals surface area (Å²) in [7, 11) is -1.70. The Morgan fingerprint density at radius 2 is 2.04 bits per heavy atom. The number of anilines is 1. The maximum absolute atomic E-state index is 11.8. The summed E-state index contributed by atoms with van der Waals surface area (Å²) in [5, 5.41) is 13.4. The number of aromatic nitrogens is 2. The summed E-state index contributed by atoms with van der Waals surface area (Å²) in [5.74, 6) is 2.21. The van der Waals surface area contributed by atoms with Crippen molar-refractivity contribution < 1.29 is 8.42 Å². The molecule has 3 N–H and O–H groups in total. The third-order valence-corrected chi connectivity index (χ3v) is 7.48. The molecule has 0 saturated heterocycles. The summed E-state index contributed by atoms with van der Waals surface area (Å²) in [5.41, 5.74) is 3.36. The summed E-state index contributed by atoms with van der Waals surface area (Å²) in [4.78, 5) is 0.216. The number of sulfonamides is 1. The van der Waals surface area contributed by atoms with E-state index in [0.29, 0.717) is 23.7 Å². The molecule has 1 aromatic carbocycles. The predicted molar refractivity (Wildman–Crippen MR) is 94.4 cm³/mol. The minimum atomic E-state index is -3.68. The highest BCUT2D eigenvalue weighted by atomic mass is 32.2. The van der Waals surface area contributed by atoms with E-state index in [9.17, 15) is 8.42 Å². The molecule has 2 aliphatic carbocycles. The maximum Gasteiger partial charge on any atom is 0.238 e. The van der Waals surface area contributed by atoms with Gasteiger partial charge in [0.25, 0.3) is 0 Å². The van der Waals surface area contributed by atoms with Gasteiger partial charge in [-0.15, -0.1) is 0 Å². The summed E-state index contributed by atoms with van der Waals surface area (Å²) in [6.45, 7) is 0. The third kappa shape index (κ3) is 2.18. The number of hydrogen-bond acceptors (Lipinski definition) is 4. The highest BCUT2D eigenvalue weighted by Gasteiger charge is 2.54. The fraction of sp³-hybridized carbons (Fsp3) is 0.500. The van der Waals surface area contributed by atoms with Gasteiger partial charge in [-0.2, -0.15) is 5.10 Å². The van der Waals surface area contributed by atoms with Crippen LogP contribution in [0.3, 0.4) is 0 Å². The molecule has 2 aromatic rings. The lowest BCUT2D eigenvalue weighted by molar-refractivity contribution is 0.242. The Morgan fingerprint density at radius 3 is 2.76 bits per heavy atom. The smallest absolute Gasteiger partial charge is 0.238 e. The molecule has 5 rings (SSSR count). The van der Waals surface area contributed by atoms with Gasteiger partial charge in [0.15, 0.2) is 0 Å². The Bertz CT molecular complexity index is 952. The van der Waals surface area contributed by atoms with Crippen LogP contribution in [0.5, 0.6) is 0 Å². The van der Waals surface area contributed by atoms with Crippen LogP contribution in [0.2, 0.25) is 0 Å². The van der Waals surface area contributed by atoms with E-state index in [2.05, 4.69) is 16.5 Å². The monoisotopic (exact) mass is 358 g/mol. The normalized spacial score (nSPS) is 33.0. The molecule has 2 bridgehead atoms. The van der Waals surface area contributed by atoms with Crippen LogP contribution in [0.4, 0.5) is 5.69 Å². The van der Waals surface area contributed by atoms with Gasteiger partial charge in [-0.1, -0.05) is 0 Å². The number of primary sulfonamides is 1. The Labute approximate surface area is 147 Å². The molecule has 1 aliphatic heterocycles. The van der Waals surface area contributed by atoms with Crippen LogP contribution in [0.25, 0.3) is 0 Å². The number of benzene rings is 1. The zero-order valence-electron chi connectivity index (χ0n) is 14.1. The lowest BCUT2D eigenvalue weighted by Gasteiger charge is -2.43. The Hall–Kier alpha value is -1.86. The number of nitrogens with one attached hydrogen (secondary N) is 1. The Balaban J connectivity index is 1.67. The van der Waals surface area contributed by atoms with Crippen LogP contribution < -0.4 is 10.5 Å². The highest BCUT2D eigenvalue weighted by molar-refractivity contribution is 7.89. The molecule has 3 aliphatic rings. The van der Waals surface area contributed by atoms with Crippen LogP contribution in [-0.4, -0.2) is 18.2 Å². The second kappa shape index (κ2) is 5.08. The van der Waals surface area contributed by atoms with E-state index >= 15 is 0 Å². The SMILES string of the molecule is Cn1nccc1C1Nc2ccc(S(N)(=O)=O)cc2C2C3CCC(C3)C12. The highest BCUT2D eigenvalue weighted by Crippen LogP contribution is 2.63. The van der Waals surface area contributed by atoms with E-state index in [4.69, 9.17) is 5.14 Å². The third-order valence-electron chi connectivity index (χ3n) is 6.56. The van der Waals surface area contributed by atoms with E-state index < -0.39 is 10.0 Å². The van der Waals surface area contributed by atoms with Gasteiger partial charge in [0.05, 0.1) is 16.6 Å². The second-order valence-electron chi connectivity index (χ2n) is 7.73. The van der Waals surface area contributed by atoms with Crippen molar-refractivity contribution in [3.63, 3.8) is 0 Å². The van der Waals surface area contributed by atoms with E-state index in [1.807, 2.05) is 24.0 Å². The minimum absolute atomic E-state index is 0.216. The molecule has 0 radical (unpaired) electrons.